The molecule has 0 unspecified atom stereocenters. The summed E-state index contributed by atoms with van der Waals surface area (Å²) in [6.45, 7) is 2.65. The van der Waals surface area contributed by atoms with Gasteiger partial charge >= 0.3 is 11.8 Å². The van der Waals surface area contributed by atoms with Gasteiger partial charge in [0.25, 0.3) is 10.0 Å². The molecule has 182 valence electrons. The SMILES string of the molecule is COC[C@H]1CCCN1C(=O)C(=O)Nc1cccc(S(=O)(=O)Nc2ccc(C)c3c(C#N)c[nH]c23)c1. The molecule has 1 aliphatic heterocycles. The van der Waals surface area contributed by atoms with Crippen molar-refractivity contribution in [3.8, 4) is 6.07 Å². The Kier molecular flexibility index (Phi) is 6.77. The first kappa shape index (κ1) is 24.3. The van der Waals surface area contributed by atoms with Crippen LogP contribution in [0.25, 0.3) is 10.9 Å². The first-order valence-corrected chi connectivity index (χ1v) is 12.5. The van der Waals surface area contributed by atoms with Gasteiger partial charge in [-0.15, -0.1) is 0 Å². The van der Waals surface area contributed by atoms with Gasteiger partial charge in [-0.05, 0) is 49.6 Å². The monoisotopic (exact) mass is 495 g/mol. The molecule has 0 bridgehead atoms. The number of likely N-dealkylation sites (tertiary alicyclic amines) is 1. The van der Waals surface area contributed by atoms with Gasteiger partial charge in [-0.3, -0.25) is 14.3 Å². The lowest BCUT2D eigenvalue weighted by molar-refractivity contribution is -0.144. The Morgan fingerprint density at radius 1 is 1.29 bits per heavy atom. The molecule has 2 heterocycles. The lowest BCUT2D eigenvalue weighted by Crippen LogP contribution is -2.44. The van der Waals surface area contributed by atoms with Crippen molar-refractivity contribution in [2.24, 2.45) is 0 Å². The van der Waals surface area contributed by atoms with Crippen LogP contribution in [-0.4, -0.2) is 56.4 Å². The zero-order valence-corrected chi connectivity index (χ0v) is 20.1. The quantitative estimate of drug-likeness (QED) is 0.449. The van der Waals surface area contributed by atoms with E-state index in [-0.39, 0.29) is 22.3 Å². The second-order valence-electron chi connectivity index (χ2n) is 8.33. The van der Waals surface area contributed by atoms with E-state index in [4.69, 9.17) is 4.74 Å². The summed E-state index contributed by atoms with van der Waals surface area (Å²) in [6, 6.07) is 10.9. The largest absolute Gasteiger partial charge is 0.383 e. The van der Waals surface area contributed by atoms with E-state index >= 15 is 0 Å². The van der Waals surface area contributed by atoms with Gasteiger partial charge in [0.15, 0.2) is 0 Å². The summed E-state index contributed by atoms with van der Waals surface area (Å²) in [4.78, 5) is 29.6. The number of sulfonamides is 1. The van der Waals surface area contributed by atoms with E-state index in [2.05, 4.69) is 21.1 Å². The van der Waals surface area contributed by atoms with Gasteiger partial charge in [0, 0.05) is 30.9 Å². The van der Waals surface area contributed by atoms with E-state index in [0.29, 0.717) is 29.6 Å². The molecule has 1 aliphatic rings. The maximum atomic E-state index is 13.1. The molecule has 11 heteroatoms. The predicted molar refractivity (Wildman–Crippen MR) is 130 cm³/mol. The minimum absolute atomic E-state index is 0.0954. The lowest BCUT2D eigenvalue weighted by atomic mass is 10.1. The number of benzene rings is 2. The second kappa shape index (κ2) is 9.77. The molecular formula is C24H25N5O5S. The van der Waals surface area contributed by atoms with E-state index < -0.39 is 21.8 Å². The maximum Gasteiger partial charge on any atom is 0.313 e. The van der Waals surface area contributed by atoms with Crippen LogP contribution in [0.3, 0.4) is 0 Å². The number of anilines is 2. The second-order valence-corrected chi connectivity index (χ2v) is 10.0. The van der Waals surface area contributed by atoms with E-state index in [1.807, 2.05) is 6.92 Å². The number of H-pyrrole nitrogens is 1. The summed E-state index contributed by atoms with van der Waals surface area (Å²) in [7, 11) is -2.50. The number of rotatable bonds is 6. The predicted octanol–water partition coefficient (Wildman–Crippen LogP) is 2.72. The van der Waals surface area contributed by atoms with Crippen molar-refractivity contribution in [2.45, 2.75) is 30.7 Å². The zero-order chi connectivity index (χ0) is 25.2. The lowest BCUT2D eigenvalue weighted by Gasteiger charge is -2.23. The molecule has 35 heavy (non-hydrogen) atoms. The van der Waals surface area contributed by atoms with Crippen molar-refractivity contribution in [2.75, 3.05) is 30.3 Å². The van der Waals surface area contributed by atoms with E-state index in [1.54, 1.807) is 19.2 Å². The topological polar surface area (TPSA) is 144 Å². The fraction of sp³-hybridized carbons (Fsp3) is 0.292. The van der Waals surface area contributed by atoms with Gasteiger partial charge in [0.2, 0.25) is 0 Å². The van der Waals surface area contributed by atoms with Gasteiger partial charge in [-0.1, -0.05) is 12.1 Å². The fourth-order valence-corrected chi connectivity index (χ4v) is 5.44. The Balaban J connectivity index is 1.54. The summed E-state index contributed by atoms with van der Waals surface area (Å²) in [5, 5.41) is 12.5. The average molecular weight is 496 g/mol. The van der Waals surface area contributed by atoms with Gasteiger partial charge in [-0.25, -0.2) is 8.42 Å². The molecule has 1 saturated heterocycles. The third kappa shape index (κ3) is 4.84. The van der Waals surface area contributed by atoms with E-state index in [1.165, 1.54) is 35.4 Å². The highest BCUT2D eigenvalue weighted by atomic mass is 32.2. The minimum Gasteiger partial charge on any atom is -0.383 e. The number of hydrogen-bond donors (Lipinski definition) is 3. The van der Waals surface area contributed by atoms with Crippen LogP contribution in [-0.2, 0) is 24.3 Å². The van der Waals surface area contributed by atoms with Crippen molar-refractivity contribution in [3.63, 3.8) is 0 Å². The highest BCUT2D eigenvalue weighted by molar-refractivity contribution is 7.92. The number of carbonyl (C=O) groups excluding carboxylic acids is 2. The number of nitrogens with one attached hydrogen (secondary N) is 3. The molecule has 0 saturated carbocycles. The van der Waals surface area contributed by atoms with Crippen LogP contribution < -0.4 is 10.0 Å². The van der Waals surface area contributed by atoms with E-state index in [9.17, 15) is 23.3 Å². The van der Waals surface area contributed by atoms with Crippen LogP contribution in [0.15, 0.2) is 47.5 Å². The first-order valence-electron chi connectivity index (χ1n) is 11.0. The van der Waals surface area contributed by atoms with Crippen LogP contribution in [0.4, 0.5) is 11.4 Å². The Bertz CT molecular complexity index is 1440. The van der Waals surface area contributed by atoms with E-state index in [0.717, 1.165) is 18.4 Å². The number of fused-ring (bicyclic) bond motifs is 1. The highest BCUT2D eigenvalue weighted by Crippen LogP contribution is 2.30. The van der Waals surface area contributed by atoms with Crippen molar-refractivity contribution >= 4 is 44.1 Å². The van der Waals surface area contributed by atoms with Crippen molar-refractivity contribution in [1.29, 1.82) is 5.26 Å². The van der Waals surface area contributed by atoms with Crippen molar-refractivity contribution < 1.29 is 22.7 Å². The Morgan fingerprint density at radius 3 is 2.83 bits per heavy atom. The number of ether oxygens (including phenoxy) is 1. The third-order valence-electron chi connectivity index (χ3n) is 6.00. The summed E-state index contributed by atoms with van der Waals surface area (Å²) < 4.78 is 33.9. The number of aryl methyl sites for hydroxylation is 1. The number of nitrogens with zero attached hydrogens (tertiary/aromatic N) is 2. The number of aromatic amines is 1. The molecule has 1 fully saturated rings. The summed E-state index contributed by atoms with van der Waals surface area (Å²) in [6.07, 6.45) is 3.07. The normalized spacial score (nSPS) is 15.7. The average Bonchev–Trinajstić information content (AvgIpc) is 3.48. The Hall–Kier alpha value is -3.88. The molecule has 10 nitrogen and oxygen atoms in total. The molecular weight excluding hydrogens is 470 g/mol. The smallest absolute Gasteiger partial charge is 0.313 e. The molecule has 2 aromatic carbocycles. The Labute approximate surface area is 202 Å². The van der Waals surface area contributed by atoms with Crippen LogP contribution in [0.2, 0.25) is 0 Å². The first-order chi connectivity index (χ1) is 16.7. The molecule has 4 rings (SSSR count). The minimum atomic E-state index is -4.04. The van der Waals surface area contributed by atoms with Crippen molar-refractivity contribution in [1.82, 2.24) is 9.88 Å². The summed E-state index contributed by atoms with van der Waals surface area (Å²) >= 11 is 0. The van der Waals surface area contributed by atoms with Crippen molar-refractivity contribution in [3.05, 3.63) is 53.7 Å². The molecule has 0 aliphatic carbocycles. The number of hydrogen-bond acceptors (Lipinski definition) is 6. The van der Waals surface area contributed by atoms with Crippen LogP contribution in [0.5, 0.6) is 0 Å². The number of amides is 2. The molecule has 2 amide bonds. The Morgan fingerprint density at radius 2 is 2.09 bits per heavy atom. The third-order valence-corrected chi connectivity index (χ3v) is 7.37. The summed E-state index contributed by atoms with van der Waals surface area (Å²) in [5.41, 5.74) is 2.21. The maximum absolute atomic E-state index is 13.1. The highest BCUT2D eigenvalue weighted by Gasteiger charge is 2.32. The molecule has 1 atom stereocenters. The molecule has 3 N–H and O–H groups in total. The molecule has 0 radical (unpaired) electrons. The number of methoxy groups -OCH3 is 1. The fourth-order valence-electron chi connectivity index (χ4n) is 4.32. The number of aromatic nitrogens is 1. The number of nitriles is 1. The summed E-state index contributed by atoms with van der Waals surface area (Å²) in [5.74, 6) is -1.52. The van der Waals surface area contributed by atoms with Gasteiger partial charge in [0.05, 0.1) is 34.3 Å². The van der Waals surface area contributed by atoms with Crippen LogP contribution >= 0.6 is 0 Å². The number of carbonyl (C=O) groups is 2. The zero-order valence-electron chi connectivity index (χ0n) is 19.3. The van der Waals surface area contributed by atoms with Gasteiger partial charge in [-0.2, -0.15) is 5.26 Å². The van der Waals surface area contributed by atoms with Gasteiger partial charge in [0.1, 0.15) is 6.07 Å². The van der Waals surface area contributed by atoms with Gasteiger partial charge < -0.3 is 19.9 Å². The molecule has 3 aromatic rings. The standard InChI is InChI=1S/C24H25N5O5S/c1-15-8-9-20(22-21(15)16(12-25)13-26-22)28-35(32,33)19-7-3-5-17(11-19)27-23(30)24(31)29-10-4-6-18(29)14-34-2/h3,5,7-9,11,13,18,26,28H,4,6,10,14H2,1-2H3,(H,27,30)/t18-/m1/s1. The molecule has 1 aromatic heterocycles. The van der Waals surface area contributed by atoms with Crippen LogP contribution in [0.1, 0.15) is 24.0 Å². The molecule has 0 spiro atoms. The van der Waals surface area contributed by atoms with Crippen LogP contribution in [0, 0.1) is 18.3 Å².